The number of nitriles is 1. The van der Waals surface area contributed by atoms with Gasteiger partial charge in [-0.2, -0.15) is 5.26 Å². The van der Waals surface area contributed by atoms with Gasteiger partial charge >= 0.3 is 0 Å². The van der Waals surface area contributed by atoms with E-state index in [1.807, 2.05) is 6.07 Å². The second-order valence-electron chi connectivity index (χ2n) is 5.44. The standard InChI is InChI=1S/C15H17N3O3/c1-15(2)14(20)17-13(19)9-18(15)8-10-4-5-12(21-3)11(6-10)7-16/h4-6H,8-9H2,1-3H3,(H,17,19,20). The molecule has 6 heteroatoms. The number of amides is 2. The Morgan fingerprint density at radius 2 is 2.14 bits per heavy atom. The van der Waals surface area contributed by atoms with Crippen LogP contribution in [0.3, 0.4) is 0 Å². The fraction of sp³-hybridized carbons (Fsp3) is 0.400. The predicted octanol–water partition coefficient (Wildman–Crippen LogP) is 0.804. The van der Waals surface area contributed by atoms with Gasteiger partial charge < -0.3 is 4.74 Å². The molecule has 1 N–H and O–H groups in total. The van der Waals surface area contributed by atoms with Crippen LogP contribution < -0.4 is 10.1 Å². The highest BCUT2D eigenvalue weighted by Gasteiger charge is 2.40. The summed E-state index contributed by atoms with van der Waals surface area (Å²) in [5, 5.41) is 11.4. The molecule has 0 saturated carbocycles. The summed E-state index contributed by atoms with van der Waals surface area (Å²) in [7, 11) is 1.51. The molecule has 6 nitrogen and oxygen atoms in total. The molecule has 0 atom stereocenters. The molecule has 1 aliphatic rings. The lowest BCUT2D eigenvalue weighted by molar-refractivity contribution is -0.145. The first kappa shape index (κ1) is 15.0. The second kappa shape index (κ2) is 5.54. The average Bonchev–Trinajstić information content (AvgIpc) is 2.44. The third-order valence-corrected chi connectivity index (χ3v) is 3.69. The number of hydrogen-bond acceptors (Lipinski definition) is 5. The molecular weight excluding hydrogens is 270 g/mol. The Morgan fingerprint density at radius 3 is 2.76 bits per heavy atom. The van der Waals surface area contributed by atoms with Crippen molar-refractivity contribution in [3.05, 3.63) is 29.3 Å². The van der Waals surface area contributed by atoms with Crippen molar-refractivity contribution < 1.29 is 14.3 Å². The second-order valence-corrected chi connectivity index (χ2v) is 5.44. The van der Waals surface area contributed by atoms with Gasteiger partial charge in [0.1, 0.15) is 11.8 Å². The fourth-order valence-corrected chi connectivity index (χ4v) is 2.25. The van der Waals surface area contributed by atoms with E-state index in [0.717, 1.165) is 5.56 Å². The van der Waals surface area contributed by atoms with E-state index in [9.17, 15) is 9.59 Å². The van der Waals surface area contributed by atoms with E-state index >= 15 is 0 Å². The van der Waals surface area contributed by atoms with Gasteiger partial charge in [0.05, 0.1) is 24.8 Å². The van der Waals surface area contributed by atoms with Crippen molar-refractivity contribution in [1.82, 2.24) is 10.2 Å². The van der Waals surface area contributed by atoms with E-state index in [1.165, 1.54) is 7.11 Å². The molecule has 21 heavy (non-hydrogen) atoms. The Labute approximate surface area is 123 Å². The van der Waals surface area contributed by atoms with E-state index < -0.39 is 5.54 Å². The first-order valence-electron chi connectivity index (χ1n) is 6.55. The molecule has 1 fully saturated rings. The molecule has 1 heterocycles. The van der Waals surface area contributed by atoms with Crippen molar-refractivity contribution in [3.63, 3.8) is 0 Å². The molecule has 0 aliphatic carbocycles. The molecule has 2 rings (SSSR count). The number of methoxy groups -OCH3 is 1. The number of nitrogens with zero attached hydrogens (tertiary/aromatic N) is 2. The number of piperazine rings is 1. The zero-order valence-electron chi connectivity index (χ0n) is 12.3. The molecule has 1 saturated heterocycles. The highest BCUT2D eigenvalue weighted by molar-refractivity contribution is 6.02. The van der Waals surface area contributed by atoms with E-state index in [1.54, 1.807) is 30.9 Å². The Balaban J connectivity index is 2.26. The Hall–Kier alpha value is -2.39. The lowest BCUT2D eigenvalue weighted by Crippen LogP contribution is -2.63. The molecule has 0 unspecified atom stereocenters. The quantitative estimate of drug-likeness (QED) is 0.832. The number of hydrogen-bond donors (Lipinski definition) is 1. The maximum atomic E-state index is 11.9. The lowest BCUT2D eigenvalue weighted by Gasteiger charge is -2.40. The van der Waals surface area contributed by atoms with Gasteiger partial charge in [0, 0.05) is 6.54 Å². The maximum Gasteiger partial charge on any atom is 0.246 e. The zero-order chi connectivity index (χ0) is 15.6. The minimum Gasteiger partial charge on any atom is -0.495 e. The molecule has 110 valence electrons. The highest BCUT2D eigenvalue weighted by Crippen LogP contribution is 2.24. The summed E-state index contributed by atoms with van der Waals surface area (Å²) in [6.07, 6.45) is 0. The van der Waals surface area contributed by atoms with Crippen LogP contribution >= 0.6 is 0 Å². The third-order valence-electron chi connectivity index (χ3n) is 3.69. The number of carbonyl (C=O) groups excluding carboxylic acids is 2. The van der Waals surface area contributed by atoms with Crippen LogP contribution in [-0.2, 0) is 16.1 Å². The van der Waals surface area contributed by atoms with Crippen LogP contribution in [0, 0.1) is 11.3 Å². The summed E-state index contributed by atoms with van der Waals surface area (Å²) in [4.78, 5) is 25.2. The van der Waals surface area contributed by atoms with Crippen LogP contribution in [0.5, 0.6) is 5.75 Å². The monoisotopic (exact) mass is 287 g/mol. The van der Waals surface area contributed by atoms with Crippen LogP contribution in [0.15, 0.2) is 18.2 Å². The molecular formula is C15H17N3O3. The van der Waals surface area contributed by atoms with Gasteiger partial charge in [-0.3, -0.25) is 19.8 Å². The summed E-state index contributed by atoms with van der Waals surface area (Å²) < 4.78 is 5.10. The molecule has 0 aromatic heterocycles. The highest BCUT2D eigenvalue weighted by atomic mass is 16.5. The van der Waals surface area contributed by atoms with Gasteiger partial charge in [-0.1, -0.05) is 6.07 Å². The van der Waals surface area contributed by atoms with Crippen LogP contribution in [0.4, 0.5) is 0 Å². The molecule has 0 spiro atoms. The van der Waals surface area contributed by atoms with Gasteiger partial charge in [0.15, 0.2) is 0 Å². The summed E-state index contributed by atoms with van der Waals surface area (Å²) in [5.74, 6) is -0.117. The number of carbonyl (C=O) groups is 2. The summed E-state index contributed by atoms with van der Waals surface area (Å²) in [5.41, 5.74) is 0.504. The minimum absolute atomic E-state index is 0.145. The van der Waals surface area contributed by atoms with Crippen molar-refractivity contribution >= 4 is 11.8 Å². The van der Waals surface area contributed by atoms with Crippen molar-refractivity contribution in [2.24, 2.45) is 0 Å². The van der Waals surface area contributed by atoms with Gasteiger partial charge in [-0.15, -0.1) is 0 Å². The van der Waals surface area contributed by atoms with E-state index in [4.69, 9.17) is 10.00 Å². The smallest absolute Gasteiger partial charge is 0.246 e. The van der Waals surface area contributed by atoms with Crippen molar-refractivity contribution in [2.45, 2.75) is 25.9 Å². The topological polar surface area (TPSA) is 82.4 Å². The lowest BCUT2D eigenvalue weighted by atomic mass is 9.97. The van der Waals surface area contributed by atoms with Crippen LogP contribution in [0.25, 0.3) is 0 Å². The molecule has 0 bridgehead atoms. The third kappa shape index (κ3) is 2.88. The average molecular weight is 287 g/mol. The number of imide groups is 1. The van der Waals surface area contributed by atoms with Crippen LogP contribution in [-0.4, -0.2) is 35.9 Å². The van der Waals surface area contributed by atoms with Crippen LogP contribution in [0.2, 0.25) is 0 Å². The van der Waals surface area contributed by atoms with Gasteiger partial charge in [-0.25, -0.2) is 0 Å². The normalized spacial score (nSPS) is 18.0. The Morgan fingerprint density at radius 1 is 1.43 bits per heavy atom. The van der Waals surface area contributed by atoms with E-state index in [2.05, 4.69) is 11.4 Å². The Bertz CT molecular complexity index is 632. The maximum absolute atomic E-state index is 11.9. The SMILES string of the molecule is COc1ccc(CN2CC(=O)NC(=O)C2(C)C)cc1C#N. The molecule has 1 aromatic carbocycles. The largest absolute Gasteiger partial charge is 0.495 e. The predicted molar refractivity (Wildman–Crippen MR) is 75.3 cm³/mol. The van der Waals surface area contributed by atoms with Crippen molar-refractivity contribution in [3.8, 4) is 11.8 Å². The van der Waals surface area contributed by atoms with E-state index in [0.29, 0.717) is 17.9 Å². The van der Waals surface area contributed by atoms with Gasteiger partial charge in [0.2, 0.25) is 11.8 Å². The first-order valence-corrected chi connectivity index (χ1v) is 6.55. The Kier molecular flexibility index (Phi) is 3.96. The minimum atomic E-state index is -0.777. The van der Waals surface area contributed by atoms with E-state index in [-0.39, 0.29) is 18.4 Å². The zero-order valence-corrected chi connectivity index (χ0v) is 12.3. The number of rotatable bonds is 3. The number of ether oxygens (including phenoxy) is 1. The molecule has 1 aliphatic heterocycles. The summed E-state index contributed by atoms with van der Waals surface area (Å²) in [6, 6.07) is 7.33. The molecule has 0 radical (unpaired) electrons. The molecule has 2 amide bonds. The first-order chi connectivity index (χ1) is 9.88. The van der Waals surface area contributed by atoms with Gasteiger partial charge in [0.25, 0.3) is 0 Å². The fourth-order valence-electron chi connectivity index (χ4n) is 2.25. The summed E-state index contributed by atoms with van der Waals surface area (Å²) in [6.45, 7) is 4.09. The van der Waals surface area contributed by atoms with Gasteiger partial charge in [-0.05, 0) is 31.5 Å². The number of nitrogens with one attached hydrogen (secondary N) is 1. The number of benzene rings is 1. The summed E-state index contributed by atoms with van der Waals surface area (Å²) >= 11 is 0. The van der Waals surface area contributed by atoms with Crippen molar-refractivity contribution in [1.29, 1.82) is 5.26 Å². The van der Waals surface area contributed by atoms with Crippen LogP contribution in [0.1, 0.15) is 25.0 Å². The molecule has 1 aromatic rings. The van der Waals surface area contributed by atoms with Crippen molar-refractivity contribution in [2.75, 3.05) is 13.7 Å².